The smallest absolute Gasteiger partial charge is 0.278 e. The number of aromatic nitrogens is 1. The summed E-state index contributed by atoms with van der Waals surface area (Å²) in [7, 11) is 0. The molecule has 0 bridgehead atoms. The Morgan fingerprint density at radius 1 is 1.17 bits per heavy atom. The molecule has 10 heteroatoms. The van der Waals surface area contributed by atoms with Crippen molar-refractivity contribution in [2.45, 2.75) is 13.1 Å². The number of hydrogen-bond acceptors (Lipinski definition) is 4. The molecule has 0 saturated heterocycles. The molecule has 0 atom stereocenters. The quantitative estimate of drug-likeness (QED) is 0.556. The van der Waals surface area contributed by atoms with Crippen LogP contribution in [0.2, 0.25) is 5.02 Å². The van der Waals surface area contributed by atoms with Gasteiger partial charge in [-0.05, 0) is 30.3 Å². The zero-order chi connectivity index (χ0) is 20.7. The summed E-state index contributed by atoms with van der Waals surface area (Å²) in [6, 6.07) is 8.95. The van der Waals surface area contributed by atoms with E-state index in [1.165, 1.54) is 27.8 Å². The largest absolute Gasteiger partial charge is 0.453 e. The van der Waals surface area contributed by atoms with Gasteiger partial charge < -0.3 is 9.30 Å². The molecule has 29 heavy (non-hydrogen) atoms. The van der Waals surface area contributed by atoms with Gasteiger partial charge in [0.05, 0.1) is 21.8 Å². The number of fused-ring (bicyclic) bond motifs is 1. The Bertz CT molecular complexity index is 1160. The molecule has 0 saturated carbocycles. The molecule has 0 amide bonds. The van der Waals surface area contributed by atoms with Crippen LogP contribution in [0.3, 0.4) is 0 Å². The molecular formula is C19H11ClF4N4O. The Hall–Kier alpha value is -3.25. The topological polar surface area (TPSA) is 53.5 Å². The highest BCUT2D eigenvalue weighted by Gasteiger charge is 2.24. The van der Waals surface area contributed by atoms with E-state index in [9.17, 15) is 17.6 Å². The van der Waals surface area contributed by atoms with Gasteiger partial charge in [0.2, 0.25) is 5.90 Å². The van der Waals surface area contributed by atoms with E-state index in [-0.39, 0.29) is 41.1 Å². The molecule has 1 aliphatic heterocycles. The summed E-state index contributed by atoms with van der Waals surface area (Å²) in [4.78, 5) is 0. The molecule has 0 N–H and O–H groups in total. The second-order valence-corrected chi connectivity index (χ2v) is 6.63. The summed E-state index contributed by atoms with van der Waals surface area (Å²) in [6.07, 6.45) is -2.80. The van der Waals surface area contributed by atoms with Crippen LogP contribution < -0.4 is 0 Å². The lowest BCUT2D eigenvalue weighted by molar-refractivity contribution is 0.114. The zero-order valence-corrected chi connectivity index (χ0v) is 15.3. The SMILES string of the molecule is N#Cc1ccc2c(cc(C(F)F)n2CN2COC(c3cc(F)cc(F)c3)=N2)c1Cl. The maximum atomic E-state index is 13.6. The number of hydrazone groups is 1. The number of alkyl halides is 2. The lowest BCUT2D eigenvalue weighted by Crippen LogP contribution is -2.20. The lowest BCUT2D eigenvalue weighted by Gasteiger charge is -2.16. The molecule has 0 radical (unpaired) electrons. The van der Waals surface area contributed by atoms with Crippen molar-refractivity contribution in [3.05, 3.63) is 69.9 Å². The number of nitrogens with zero attached hydrogens (tertiary/aromatic N) is 4. The van der Waals surface area contributed by atoms with Crippen molar-refractivity contribution in [3.8, 4) is 6.07 Å². The minimum absolute atomic E-state index is 0.0248. The molecule has 5 nitrogen and oxygen atoms in total. The van der Waals surface area contributed by atoms with Gasteiger partial charge >= 0.3 is 0 Å². The summed E-state index contributed by atoms with van der Waals surface area (Å²) in [5.74, 6) is -1.60. The van der Waals surface area contributed by atoms with Gasteiger partial charge in [0.25, 0.3) is 6.43 Å². The Morgan fingerprint density at radius 2 is 1.90 bits per heavy atom. The molecule has 4 rings (SSSR count). The first kappa shape index (κ1) is 19.1. The molecule has 1 aromatic heterocycles. The highest BCUT2D eigenvalue weighted by molar-refractivity contribution is 6.36. The molecule has 0 aliphatic carbocycles. The fraction of sp³-hybridized carbons (Fsp3) is 0.158. The third kappa shape index (κ3) is 3.47. The molecule has 2 heterocycles. The van der Waals surface area contributed by atoms with Crippen molar-refractivity contribution in [2.75, 3.05) is 6.73 Å². The predicted molar refractivity (Wildman–Crippen MR) is 97.3 cm³/mol. The van der Waals surface area contributed by atoms with E-state index in [0.29, 0.717) is 10.9 Å². The second kappa shape index (κ2) is 7.29. The fourth-order valence-corrected chi connectivity index (χ4v) is 3.38. The van der Waals surface area contributed by atoms with E-state index >= 15 is 0 Å². The van der Waals surface area contributed by atoms with Crippen LogP contribution in [0.25, 0.3) is 10.9 Å². The van der Waals surface area contributed by atoms with E-state index in [1.807, 2.05) is 6.07 Å². The van der Waals surface area contributed by atoms with Gasteiger partial charge in [0.15, 0.2) is 6.73 Å². The van der Waals surface area contributed by atoms with Gasteiger partial charge in [-0.15, -0.1) is 5.10 Å². The zero-order valence-electron chi connectivity index (χ0n) is 14.5. The first-order valence-electron chi connectivity index (χ1n) is 8.30. The molecule has 0 spiro atoms. The number of rotatable bonds is 4. The third-order valence-corrected chi connectivity index (χ3v) is 4.80. The number of halogens is 5. The Morgan fingerprint density at radius 3 is 2.55 bits per heavy atom. The van der Waals surface area contributed by atoms with Crippen LogP contribution in [0.5, 0.6) is 0 Å². The van der Waals surface area contributed by atoms with Crippen LogP contribution in [0.4, 0.5) is 17.6 Å². The second-order valence-electron chi connectivity index (χ2n) is 6.25. The molecule has 0 unspecified atom stereocenters. The van der Waals surface area contributed by atoms with Crippen molar-refractivity contribution in [3.63, 3.8) is 0 Å². The average Bonchev–Trinajstić information content (AvgIpc) is 3.27. The minimum Gasteiger partial charge on any atom is -0.453 e. The van der Waals surface area contributed by atoms with Gasteiger partial charge in [-0.3, -0.25) is 0 Å². The Balaban J connectivity index is 1.71. The standard InChI is InChI=1S/C19H11ClF4N4O/c20-17-10(7-25)1-2-15-14(17)6-16(18(23)24)28(15)8-27-9-29-19(26-27)11-3-12(21)5-13(22)4-11/h1-6,18H,8-9H2. The molecule has 0 fully saturated rings. The molecule has 2 aromatic carbocycles. The Kier molecular flexibility index (Phi) is 4.80. The number of hydrogen-bond donors (Lipinski definition) is 0. The fourth-order valence-electron chi connectivity index (χ4n) is 3.12. The highest BCUT2D eigenvalue weighted by Crippen LogP contribution is 2.34. The van der Waals surface area contributed by atoms with Gasteiger partial charge in [0.1, 0.15) is 24.4 Å². The van der Waals surface area contributed by atoms with Crippen molar-refractivity contribution in [1.82, 2.24) is 9.58 Å². The van der Waals surface area contributed by atoms with Crippen LogP contribution in [-0.4, -0.2) is 22.2 Å². The molecule has 1 aliphatic rings. The molecular weight excluding hydrogens is 412 g/mol. The first-order valence-corrected chi connectivity index (χ1v) is 8.68. The first-order chi connectivity index (χ1) is 13.9. The number of ether oxygens (including phenoxy) is 1. The average molecular weight is 423 g/mol. The number of benzene rings is 2. The van der Waals surface area contributed by atoms with Gasteiger partial charge in [0, 0.05) is 17.0 Å². The maximum absolute atomic E-state index is 13.6. The summed E-state index contributed by atoms with van der Waals surface area (Å²) >= 11 is 6.16. The van der Waals surface area contributed by atoms with E-state index in [1.54, 1.807) is 0 Å². The van der Waals surface area contributed by atoms with E-state index in [4.69, 9.17) is 21.6 Å². The maximum Gasteiger partial charge on any atom is 0.278 e. The van der Waals surface area contributed by atoms with Crippen molar-refractivity contribution in [1.29, 1.82) is 5.26 Å². The van der Waals surface area contributed by atoms with Crippen molar-refractivity contribution >= 4 is 28.4 Å². The summed E-state index contributed by atoms with van der Waals surface area (Å²) < 4.78 is 60.7. The molecule has 148 valence electrons. The van der Waals surface area contributed by atoms with E-state index in [2.05, 4.69) is 5.10 Å². The monoisotopic (exact) mass is 422 g/mol. The van der Waals surface area contributed by atoms with Crippen molar-refractivity contribution in [2.24, 2.45) is 5.10 Å². The van der Waals surface area contributed by atoms with Crippen LogP contribution in [0.15, 0.2) is 41.5 Å². The third-order valence-electron chi connectivity index (χ3n) is 4.39. The normalized spacial score (nSPS) is 13.7. The summed E-state index contributed by atoms with van der Waals surface area (Å²) in [6.45, 7) is -0.216. The number of nitriles is 1. The highest BCUT2D eigenvalue weighted by atomic mass is 35.5. The van der Waals surface area contributed by atoms with E-state index in [0.717, 1.165) is 18.2 Å². The minimum atomic E-state index is -2.80. The predicted octanol–water partition coefficient (Wildman–Crippen LogP) is 4.99. The Labute approximate surface area is 167 Å². The van der Waals surface area contributed by atoms with Gasteiger partial charge in [-0.2, -0.15) is 5.26 Å². The van der Waals surface area contributed by atoms with Crippen LogP contribution in [0.1, 0.15) is 23.2 Å². The van der Waals surface area contributed by atoms with Crippen molar-refractivity contribution < 1.29 is 22.3 Å². The lowest BCUT2D eigenvalue weighted by atomic mass is 10.1. The van der Waals surface area contributed by atoms with Crippen LogP contribution in [0, 0.1) is 23.0 Å². The van der Waals surface area contributed by atoms with Crippen LogP contribution >= 0.6 is 11.6 Å². The van der Waals surface area contributed by atoms with Crippen LogP contribution in [-0.2, 0) is 11.4 Å². The van der Waals surface area contributed by atoms with Gasteiger partial charge in [-0.25, -0.2) is 22.6 Å². The molecule has 3 aromatic rings. The summed E-state index contributed by atoms with van der Waals surface area (Å²) in [5.41, 5.74) is 0.357. The summed E-state index contributed by atoms with van der Waals surface area (Å²) in [5, 5.41) is 14.9. The van der Waals surface area contributed by atoms with E-state index < -0.39 is 18.1 Å². The van der Waals surface area contributed by atoms with Gasteiger partial charge in [-0.1, -0.05) is 11.6 Å².